The first-order valence-electron chi connectivity index (χ1n) is 7.57. The summed E-state index contributed by atoms with van der Waals surface area (Å²) in [5.74, 6) is 0.563. The lowest BCUT2D eigenvalue weighted by atomic mass is 10.2. The lowest BCUT2D eigenvalue weighted by molar-refractivity contribution is 0.279. The van der Waals surface area contributed by atoms with Crippen LogP contribution in [0, 0.1) is 5.82 Å². The minimum Gasteiger partial charge on any atom is -0.493 e. The van der Waals surface area contributed by atoms with Gasteiger partial charge in [-0.25, -0.2) is 4.39 Å². The Morgan fingerprint density at radius 3 is 2.50 bits per heavy atom. The van der Waals surface area contributed by atoms with Crippen LogP contribution in [-0.2, 0) is 13.2 Å². The smallest absolute Gasteiger partial charge is 0.163 e. The van der Waals surface area contributed by atoms with Crippen molar-refractivity contribution in [1.29, 1.82) is 0 Å². The SMILES string of the molecule is COc1cc(CNC(C)C)c(Cl)cc1OCc1c(F)cccc1Cl. The van der Waals surface area contributed by atoms with Crippen molar-refractivity contribution < 1.29 is 13.9 Å². The van der Waals surface area contributed by atoms with Gasteiger partial charge >= 0.3 is 0 Å². The minimum atomic E-state index is -0.412. The second kappa shape index (κ2) is 8.56. The zero-order valence-electron chi connectivity index (χ0n) is 13.8. The van der Waals surface area contributed by atoms with Crippen LogP contribution in [-0.4, -0.2) is 13.2 Å². The molecular formula is C18H20Cl2FNO2. The summed E-state index contributed by atoms with van der Waals surface area (Å²) in [5.41, 5.74) is 1.20. The Balaban J connectivity index is 2.19. The van der Waals surface area contributed by atoms with Crippen LogP contribution in [0.3, 0.4) is 0 Å². The highest BCUT2D eigenvalue weighted by Crippen LogP contribution is 2.34. The molecule has 0 radical (unpaired) electrons. The molecule has 0 unspecified atom stereocenters. The van der Waals surface area contributed by atoms with E-state index in [4.69, 9.17) is 32.7 Å². The van der Waals surface area contributed by atoms with Crippen molar-refractivity contribution in [3.63, 3.8) is 0 Å². The van der Waals surface area contributed by atoms with Gasteiger partial charge in [-0.2, -0.15) is 0 Å². The standard InChI is InChI=1S/C18H20Cl2FNO2/c1-11(2)22-9-12-7-17(23-3)18(8-15(12)20)24-10-13-14(19)5-4-6-16(13)21/h4-8,11,22H,9-10H2,1-3H3. The summed E-state index contributed by atoms with van der Waals surface area (Å²) < 4.78 is 24.9. The van der Waals surface area contributed by atoms with Gasteiger partial charge in [0.2, 0.25) is 0 Å². The second-order valence-corrected chi connectivity index (χ2v) is 6.43. The number of hydrogen-bond donors (Lipinski definition) is 1. The molecule has 0 aliphatic carbocycles. The van der Waals surface area contributed by atoms with E-state index in [2.05, 4.69) is 19.2 Å². The van der Waals surface area contributed by atoms with E-state index in [9.17, 15) is 4.39 Å². The average Bonchev–Trinajstić information content (AvgIpc) is 2.53. The number of hydrogen-bond acceptors (Lipinski definition) is 3. The van der Waals surface area contributed by atoms with Crippen LogP contribution in [0.1, 0.15) is 25.0 Å². The lowest BCUT2D eigenvalue weighted by Crippen LogP contribution is -2.22. The second-order valence-electron chi connectivity index (χ2n) is 5.62. The molecule has 0 aliphatic heterocycles. The van der Waals surface area contributed by atoms with E-state index in [0.29, 0.717) is 39.7 Å². The van der Waals surface area contributed by atoms with Gasteiger partial charge in [-0.1, -0.05) is 43.1 Å². The third kappa shape index (κ3) is 4.76. The van der Waals surface area contributed by atoms with Crippen molar-refractivity contribution in [3.8, 4) is 11.5 Å². The van der Waals surface area contributed by atoms with E-state index in [0.717, 1.165) is 5.56 Å². The van der Waals surface area contributed by atoms with Gasteiger partial charge in [-0.05, 0) is 23.8 Å². The van der Waals surface area contributed by atoms with Gasteiger partial charge in [0.05, 0.1) is 12.1 Å². The maximum atomic E-state index is 13.8. The van der Waals surface area contributed by atoms with Crippen LogP contribution in [0.4, 0.5) is 4.39 Å². The van der Waals surface area contributed by atoms with Gasteiger partial charge in [0.1, 0.15) is 12.4 Å². The third-order valence-corrected chi connectivity index (χ3v) is 4.17. The van der Waals surface area contributed by atoms with E-state index >= 15 is 0 Å². The van der Waals surface area contributed by atoms with Gasteiger partial charge in [0.25, 0.3) is 0 Å². The van der Waals surface area contributed by atoms with Crippen LogP contribution in [0.5, 0.6) is 11.5 Å². The molecule has 0 aliphatic rings. The molecule has 0 aromatic heterocycles. The predicted molar refractivity (Wildman–Crippen MR) is 95.7 cm³/mol. The molecule has 0 atom stereocenters. The number of rotatable bonds is 7. The molecule has 0 amide bonds. The fourth-order valence-corrected chi connectivity index (χ4v) is 2.56. The summed E-state index contributed by atoms with van der Waals surface area (Å²) in [6.45, 7) is 4.72. The van der Waals surface area contributed by atoms with Crippen molar-refractivity contribution in [2.45, 2.75) is 33.0 Å². The molecule has 130 valence electrons. The first-order chi connectivity index (χ1) is 11.4. The van der Waals surface area contributed by atoms with E-state index in [1.54, 1.807) is 25.3 Å². The summed E-state index contributed by atoms with van der Waals surface area (Å²) in [6.07, 6.45) is 0. The minimum absolute atomic E-state index is 0.0121. The first-order valence-corrected chi connectivity index (χ1v) is 8.33. The number of ether oxygens (including phenoxy) is 2. The third-order valence-electron chi connectivity index (χ3n) is 3.47. The molecule has 0 bridgehead atoms. The molecule has 0 saturated heterocycles. The Bertz CT molecular complexity index is 687. The van der Waals surface area contributed by atoms with Crippen LogP contribution in [0.15, 0.2) is 30.3 Å². The number of nitrogens with one attached hydrogen (secondary N) is 1. The highest BCUT2D eigenvalue weighted by molar-refractivity contribution is 6.31. The number of benzene rings is 2. The lowest BCUT2D eigenvalue weighted by Gasteiger charge is -2.15. The molecule has 24 heavy (non-hydrogen) atoms. The fourth-order valence-electron chi connectivity index (χ4n) is 2.12. The van der Waals surface area contributed by atoms with Gasteiger partial charge in [-0.3, -0.25) is 0 Å². The van der Waals surface area contributed by atoms with Crippen molar-refractivity contribution >= 4 is 23.2 Å². The van der Waals surface area contributed by atoms with Crippen molar-refractivity contribution in [1.82, 2.24) is 5.32 Å². The summed E-state index contributed by atoms with van der Waals surface area (Å²) >= 11 is 12.3. The predicted octanol–water partition coefficient (Wildman–Crippen LogP) is 5.22. The molecule has 1 N–H and O–H groups in total. The summed E-state index contributed by atoms with van der Waals surface area (Å²) in [5, 5.41) is 4.17. The van der Waals surface area contributed by atoms with Crippen molar-refractivity contribution in [2.75, 3.05) is 7.11 Å². The van der Waals surface area contributed by atoms with E-state index in [1.165, 1.54) is 6.07 Å². The van der Waals surface area contributed by atoms with Crippen LogP contribution >= 0.6 is 23.2 Å². The quantitative estimate of drug-likeness (QED) is 0.723. The Kier molecular flexibility index (Phi) is 6.72. The molecule has 3 nitrogen and oxygen atoms in total. The molecular weight excluding hydrogens is 352 g/mol. The molecule has 0 fully saturated rings. The molecule has 2 aromatic carbocycles. The summed E-state index contributed by atoms with van der Waals surface area (Å²) in [6, 6.07) is 8.34. The van der Waals surface area contributed by atoms with Gasteiger partial charge in [0.15, 0.2) is 11.5 Å². The fraction of sp³-hybridized carbons (Fsp3) is 0.333. The van der Waals surface area contributed by atoms with Crippen molar-refractivity contribution in [3.05, 3.63) is 57.3 Å². The van der Waals surface area contributed by atoms with Gasteiger partial charge in [0, 0.05) is 29.2 Å². The molecule has 0 saturated carbocycles. The van der Waals surface area contributed by atoms with Gasteiger partial charge < -0.3 is 14.8 Å². The monoisotopic (exact) mass is 371 g/mol. The molecule has 2 rings (SSSR count). The number of methoxy groups -OCH3 is 1. The Morgan fingerprint density at radius 1 is 1.12 bits per heavy atom. The zero-order valence-corrected chi connectivity index (χ0v) is 15.3. The number of halogens is 3. The Hall–Kier alpha value is -1.49. The molecule has 6 heteroatoms. The van der Waals surface area contributed by atoms with E-state index in [-0.39, 0.29) is 6.61 Å². The Labute approximate surface area is 151 Å². The van der Waals surface area contributed by atoms with E-state index < -0.39 is 5.82 Å². The zero-order chi connectivity index (χ0) is 17.7. The molecule has 0 heterocycles. The van der Waals surface area contributed by atoms with Crippen LogP contribution in [0.25, 0.3) is 0 Å². The average molecular weight is 372 g/mol. The maximum absolute atomic E-state index is 13.8. The maximum Gasteiger partial charge on any atom is 0.163 e. The van der Waals surface area contributed by atoms with Crippen LogP contribution < -0.4 is 14.8 Å². The van der Waals surface area contributed by atoms with Crippen molar-refractivity contribution in [2.24, 2.45) is 0 Å². The largest absolute Gasteiger partial charge is 0.493 e. The first kappa shape index (κ1) is 18.8. The topological polar surface area (TPSA) is 30.5 Å². The highest BCUT2D eigenvalue weighted by Gasteiger charge is 2.13. The summed E-state index contributed by atoms with van der Waals surface area (Å²) in [4.78, 5) is 0. The van der Waals surface area contributed by atoms with Gasteiger partial charge in [-0.15, -0.1) is 0 Å². The molecule has 2 aromatic rings. The highest BCUT2D eigenvalue weighted by atomic mass is 35.5. The molecule has 0 spiro atoms. The Morgan fingerprint density at radius 2 is 1.88 bits per heavy atom. The van der Waals surface area contributed by atoms with E-state index in [1.807, 2.05) is 6.07 Å². The summed E-state index contributed by atoms with van der Waals surface area (Å²) in [7, 11) is 1.55. The normalized spacial score (nSPS) is 11.0. The van der Waals surface area contributed by atoms with Crippen LogP contribution in [0.2, 0.25) is 10.0 Å².